The van der Waals surface area contributed by atoms with E-state index in [-0.39, 0.29) is 0 Å². The summed E-state index contributed by atoms with van der Waals surface area (Å²) in [5, 5.41) is 4.76. The maximum atomic E-state index is 6.26. The van der Waals surface area contributed by atoms with Crippen LogP contribution in [-0.2, 0) is 12.8 Å². The van der Waals surface area contributed by atoms with Crippen molar-refractivity contribution < 1.29 is 8.83 Å². The Hall–Kier alpha value is -3.52. The zero-order valence-corrected chi connectivity index (χ0v) is 16.2. The average Bonchev–Trinajstić information content (AvgIpc) is 3.34. The summed E-state index contributed by atoms with van der Waals surface area (Å²) in [6, 6.07) is 27.5. The normalized spacial score (nSPS) is 11.9. The average molecular weight is 376 g/mol. The van der Waals surface area contributed by atoms with E-state index in [0.717, 1.165) is 35.2 Å². The number of aryl methyl sites for hydroxylation is 1. The van der Waals surface area contributed by atoms with Crippen LogP contribution in [-0.4, -0.2) is 0 Å². The Morgan fingerprint density at radius 1 is 0.552 bits per heavy atom. The molecule has 2 nitrogen and oxygen atoms in total. The van der Waals surface area contributed by atoms with Gasteiger partial charge >= 0.3 is 0 Å². The second kappa shape index (κ2) is 6.25. The van der Waals surface area contributed by atoms with Crippen molar-refractivity contribution in [1.29, 1.82) is 0 Å². The van der Waals surface area contributed by atoms with Crippen LogP contribution < -0.4 is 0 Å². The van der Waals surface area contributed by atoms with Crippen molar-refractivity contribution in [3.63, 3.8) is 0 Å². The van der Waals surface area contributed by atoms with Gasteiger partial charge in [0.25, 0.3) is 0 Å². The fourth-order valence-corrected chi connectivity index (χ4v) is 4.53. The lowest BCUT2D eigenvalue weighted by atomic mass is 9.96. The predicted octanol–water partition coefficient (Wildman–Crippen LogP) is 7.64. The first-order valence-electron chi connectivity index (χ1n) is 10.1. The van der Waals surface area contributed by atoms with Crippen molar-refractivity contribution in [1.82, 2.24) is 0 Å². The molecule has 140 valence electrons. The lowest BCUT2D eigenvalue weighted by Gasteiger charge is -2.07. The molecule has 6 rings (SSSR count). The molecule has 6 aromatic rings. The largest absolute Gasteiger partial charge is 0.456 e. The van der Waals surface area contributed by atoms with Crippen molar-refractivity contribution in [3.8, 4) is 0 Å². The van der Waals surface area contributed by atoms with E-state index >= 15 is 0 Å². The second-order valence-corrected chi connectivity index (χ2v) is 7.61. The van der Waals surface area contributed by atoms with Crippen LogP contribution in [0.25, 0.3) is 43.9 Å². The number of hydrogen-bond donors (Lipinski definition) is 0. The topological polar surface area (TPSA) is 26.3 Å². The van der Waals surface area contributed by atoms with E-state index in [9.17, 15) is 0 Å². The van der Waals surface area contributed by atoms with Crippen molar-refractivity contribution in [2.75, 3.05) is 0 Å². The monoisotopic (exact) mass is 376 g/mol. The molecule has 0 aliphatic heterocycles. The Morgan fingerprint density at radius 2 is 1.21 bits per heavy atom. The minimum atomic E-state index is 0.807. The molecule has 0 atom stereocenters. The van der Waals surface area contributed by atoms with Gasteiger partial charge in [-0.15, -0.1) is 0 Å². The van der Waals surface area contributed by atoms with Gasteiger partial charge in [0, 0.05) is 28.0 Å². The molecule has 2 heteroatoms. The quantitative estimate of drug-likeness (QED) is 0.317. The zero-order valence-electron chi connectivity index (χ0n) is 16.2. The molecule has 0 unspecified atom stereocenters. The molecule has 0 saturated carbocycles. The van der Waals surface area contributed by atoms with Gasteiger partial charge in [0.2, 0.25) is 0 Å². The van der Waals surface area contributed by atoms with Gasteiger partial charge < -0.3 is 8.83 Å². The molecule has 29 heavy (non-hydrogen) atoms. The molecule has 2 heterocycles. The molecule has 0 bridgehead atoms. The number of para-hydroxylation sites is 3. The third kappa shape index (κ3) is 2.42. The molecule has 4 aromatic carbocycles. The first-order chi connectivity index (χ1) is 14.3. The fraction of sp³-hybridized carbons (Fsp3) is 0.111. The van der Waals surface area contributed by atoms with Crippen LogP contribution in [0.5, 0.6) is 0 Å². The van der Waals surface area contributed by atoms with Gasteiger partial charge in [0.15, 0.2) is 0 Å². The minimum absolute atomic E-state index is 0.807. The maximum Gasteiger partial charge on any atom is 0.138 e. The van der Waals surface area contributed by atoms with Gasteiger partial charge in [0.1, 0.15) is 22.3 Å². The maximum absolute atomic E-state index is 6.26. The van der Waals surface area contributed by atoms with Gasteiger partial charge in [-0.05, 0) is 35.2 Å². The molecule has 0 aliphatic rings. The van der Waals surface area contributed by atoms with Crippen molar-refractivity contribution in [2.24, 2.45) is 0 Å². The fourth-order valence-electron chi connectivity index (χ4n) is 4.53. The summed E-state index contributed by atoms with van der Waals surface area (Å²) in [5.41, 5.74) is 7.62. The lowest BCUT2D eigenvalue weighted by Crippen LogP contribution is -1.92. The molecule has 0 saturated heterocycles. The molecule has 0 radical (unpaired) electrons. The smallest absolute Gasteiger partial charge is 0.138 e. The lowest BCUT2D eigenvalue weighted by molar-refractivity contribution is 0.662. The second-order valence-electron chi connectivity index (χ2n) is 7.61. The van der Waals surface area contributed by atoms with Crippen LogP contribution in [0.1, 0.15) is 23.6 Å². The highest BCUT2D eigenvalue weighted by Gasteiger charge is 2.16. The number of benzene rings is 4. The molecular weight excluding hydrogens is 356 g/mol. The highest BCUT2D eigenvalue weighted by molar-refractivity contribution is 6.09. The van der Waals surface area contributed by atoms with Crippen LogP contribution in [0.4, 0.5) is 0 Å². The van der Waals surface area contributed by atoms with E-state index in [4.69, 9.17) is 8.83 Å². The summed E-state index contributed by atoms with van der Waals surface area (Å²) in [7, 11) is 0. The van der Waals surface area contributed by atoms with E-state index in [1.165, 1.54) is 38.2 Å². The third-order valence-corrected chi connectivity index (χ3v) is 5.94. The van der Waals surface area contributed by atoms with Gasteiger partial charge in [-0.1, -0.05) is 73.7 Å². The molecule has 0 fully saturated rings. The van der Waals surface area contributed by atoms with Crippen LogP contribution >= 0.6 is 0 Å². The van der Waals surface area contributed by atoms with E-state index in [0.29, 0.717) is 0 Å². The molecular formula is C27H20O2. The van der Waals surface area contributed by atoms with Crippen LogP contribution in [0.3, 0.4) is 0 Å². The summed E-state index contributed by atoms with van der Waals surface area (Å²) < 4.78 is 12.5. The Balaban J connectivity index is 1.60. The van der Waals surface area contributed by atoms with Gasteiger partial charge in [0.05, 0.1) is 0 Å². The Bertz CT molecular complexity index is 1510. The van der Waals surface area contributed by atoms with Gasteiger partial charge in [-0.2, -0.15) is 0 Å². The van der Waals surface area contributed by atoms with Crippen molar-refractivity contribution >= 4 is 43.9 Å². The van der Waals surface area contributed by atoms with Crippen LogP contribution in [0, 0.1) is 0 Å². The summed E-state index contributed by atoms with van der Waals surface area (Å²) in [6.07, 6.45) is 1.76. The van der Waals surface area contributed by atoms with Gasteiger partial charge in [-0.25, -0.2) is 0 Å². The molecule has 0 amide bonds. The number of rotatable bonds is 3. The molecule has 0 spiro atoms. The Labute approximate surface area is 168 Å². The van der Waals surface area contributed by atoms with Crippen molar-refractivity contribution in [3.05, 3.63) is 95.6 Å². The highest BCUT2D eigenvalue weighted by Crippen LogP contribution is 2.37. The molecule has 0 N–H and O–H groups in total. The highest BCUT2D eigenvalue weighted by atomic mass is 16.3. The number of fused-ring (bicyclic) bond motifs is 6. The minimum Gasteiger partial charge on any atom is -0.456 e. The predicted molar refractivity (Wildman–Crippen MR) is 120 cm³/mol. The molecule has 0 aliphatic carbocycles. The Kier molecular flexibility index (Phi) is 3.54. The Morgan fingerprint density at radius 3 is 2.03 bits per heavy atom. The van der Waals surface area contributed by atoms with Crippen LogP contribution in [0.15, 0.2) is 87.7 Å². The number of hydrogen-bond acceptors (Lipinski definition) is 2. The van der Waals surface area contributed by atoms with E-state index < -0.39 is 0 Å². The number of furan rings is 2. The van der Waals surface area contributed by atoms with Crippen molar-refractivity contribution in [2.45, 2.75) is 19.8 Å². The summed E-state index contributed by atoms with van der Waals surface area (Å²) in [6.45, 7) is 2.18. The van der Waals surface area contributed by atoms with Gasteiger partial charge in [-0.3, -0.25) is 0 Å². The summed E-state index contributed by atoms with van der Waals surface area (Å²) in [5.74, 6) is 0. The standard InChI is InChI=1S/C27H20O2/c1-2-17-14-15-18(25-22-10-4-6-13-24(22)29-27(17)25)16-19-8-7-11-21-20-9-3-5-12-23(20)28-26(19)21/h3-15H,2,16H2,1H3. The summed E-state index contributed by atoms with van der Waals surface area (Å²) >= 11 is 0. The van der Waals surface area contributed by atoms with E-state index in [1.54, 1.807) is 0 Å². The first kappa shape index (κ1) is 16.4. The van der Waals surface area contributed by atoms with Crippen LogP contribution in [0.2, 0.25) is 0 Å². The van der Waals surface area contributed by atoms with E-state index in [2.05, 4.69) is 67.6 Å². The summed E-state index contributed by atoms with van der Waals surface area (Å²) in [4.78, 5) is 0. The first-order valence-corrected chi connectivity index (χ1v) is 10.1. The molecule has 2 aromatic heterocycles. The SMILES string of the molecule is CCc1ccc(Cc2cccc3c2oc2ccccc23)c2c1oc1ccccc12. The van der Waals surface area contributed by atoms with E-state index in [1.807, 2.05) is 18.2 Å². The third-order valence-electron chi connectivity index (χ3n) is 5.94. The zero-order chi connectivity index (χ0) is 19.4.